The molecule has 1 unspecified atom stereocenters. The van der Waals surface area contributed by atoms with Crippen LogP contribution in [0.3, 0.4) is 0 Å². The first-order valence-corrected chi connectivity index (χ1v) is 13.3. The van der Waals surface area contributed by atoms with Gasteiger partial charge in [-0.1, -0.05) is 18.2 Å². The number of aromatic nitrogens is 5. The molecule has 212 valence electrons. The van der Waals surface area contributed by atoms with Crippen molar-refractivity contribution in [1.82, 2.24) is 29.4 Å². The lowest BCUT2D eigenvalue weighted by molar-refractivity contribution is -0.137. The van der Waals surface area contributed by atoms with E-state index in [1.807, 2.05) is 58.7 Å². The summed E-state index contributed by atoms with van der Waals surface area (Å²) in [6.45, 7) is 2.57. The molecule has 6 aromatic rings. The van der Waals surface area contributed by atoms with Gasteiger partial charge in [0.25, 0.3) is 5.91 Å². The number of fused-ring (bicyclic) bond motifs is 1. The minimum atomic E-state index is -4.50. The van der Waals surface area contributed by atoms with Gasteiger partial charge < -0.3 is 18.9 Å². The van der Waals surface area contributed by atoms with Gasteiger partial charge in [0.2, 0.25) is 0 Å². The van der Waals surface area contributed by atoms with Crippen LogP contribution in [-0.4, -0.2) is 30.0 Å². The first kappa shape index (κ1) is 27.0. The lowest BCUT2D eigenvalue weighted by Crippen LogP contribution is -2.32. The van der Waals surface area contributed by atoms with Crippen LogP contribution in [0.1, 0.15) is 40.6 Å². The molecule has 0 aliphatic carbocycles. The smallest absolute Gasteiger partial charge is 0.416 e. The molecule has 0 saturated carbocycles. The quantitative estimate of drug-likeness (QED) is 0.222. The number of imidazole rings is 2. The van der Waals surface area contributed by atoms with Gasteiger partial charge in [0.1, 0.15) is 11.4 Å². The molecule has 0 bridgehead atoms. The summed E-state index contributed by atoms with van der Waals surface area (Å²) in [6.07, 6.45) is 4.58. The van der Waals surface area contributed by atoms with Gasteiger partial charge >= 0.3 is 6.18 Å². The Kier molecular flexibility index (Phi) is 7.07. The Morgan fingerprint density at radius 3 is 2.55 bits per heavy atom. The zero-order valence-corrected chi connectivity index (χ0v) is 22.4. The van der Waals surface area contributed by atoms with Crippen LogP contribution in [0, 0.1) is 0 Å². The molecule has 1 atom stereocenters. The summed E-state index contributed by atoms with van der Waals surface area (Å²) in [7, 11) is 0. The summed E-state index contributed by atoms with van der Waals surface area (Å²) < 4.78 is 49.2. The second-order valence-corrected chi connectivity index (χ2v) is 9.67. The van der Waals surface area contributed by atoms with E-state index in [0.29, 0.717) is 18.8 Å². The van der Waals surface area contributed by atoms with Crippen molar-refractivity contribution in [2.75, 3.05) is 0 Å². The molecule has 0 saturated heterocycles. The van der Waals surface area contributed by atoms with Crippen molar-refractivity contribution < 1.29 is 22.4 Å². The molecule has 1 amide bonds. The first-order valence-electron chi connectivity index (χ1n) is 13.3. The van der Waals surface area contributed by atoms with Gasteiger partial charge in [-0.15, -0.1) is 0 Å². The fraction of sp³-hybridized carbons (Fsp3) is 0.161. The Balaban J connectivity index is 1.32. The largest absolute Gasteiger partial charge is 0.451 e. The van der Waals surface area contributed by atoms with Crippen molar-refractivity contribution in [2.24, 2.45) is 0 Å². The van der Waals surface area contributed by atoms with Crippen molar-refractivity contribution in [3.05, 3.63) is 121 Å². The van der Waals surface area contributed by atoms with Crippen molar-refractivity contribution in [2.45, 2.75) is 32.1 Å². The van der Waals surface area contributed by atoms with Crippen LogP contribution in [0.4, 0.5) is 13.2 Å². The number of carbonyl (C=O) groups excluding carboxylic acids is 1. The van der Waals surface area contributed by atoms with Gasteiger partial charge in [0.05, 0.1) is 29.8 Å². The highest BCUT2D eigenvalue weighted by molar-refractivity contribution is 5.96. The second-order valence-electron chi connectivity index (χ2n) is 9.67. The number of amides is 1. The summed E-state index contributed by atoms with van der Waals surface area (Å²) >= 11 is 0. The summed E-state index contributed by atoms with van der Waals surface area (Å²) in [6, 6.07) is 17.3. The number of hydrogen-bond donors (Lipinski definition) is 1. The van der Waals surface area contributed by atoms with E-state index >= 15 is 0 Å². The molecule has 42 heavy (non-hydrogen) atoms. The Hall–Kier alpha value is -5.19. The van der Waals surface area contributed by atoms with Gasteiger partial charge in [0.15, 0.2) is 5.76 Å². The monoisotopic (exact) mass is 570 g/mol. The third-order valence-electron chi connectivity index (χ3n) is 6.99. The second kappa shape index (κ2) is 11.0. The van der Waals surface area contributed by atoms with Crippen LogP contribution >= 0.6 is 0 Å². The highest BCUT2D eigenvalue weighted by atomic mass is 19.4. The van der Waals surface area contributed by atoms with Crippen molar-refractivity contribution in [1.29, 1.82) is 0 Å². The van der Waals surface area contributed by atoms with Gasteiger partial charge in [-0.05, 0) is 61.0 Å². The predicted molar refractivity (Wildman–Crippen MR) is 150 cm³/mol. The summed E-state index contributed by atoms with van der Waals surface area (Å²) in [5.74, 6) is -0.0569. The highest BCUT2D eigenvalue weighted by Crippen LogP contribution is 2.33. The number of nitrogens with zero attached hydrogens (tertiary/aromatic N) is 5. The topological polar surface area (TPSA) is 90.8 Å². The maximum Gasteiger partial charge on any atom is 0.416 e. The zero-order valence-electron chi connectivity index (χ0n) is 22.4. The summed E-state index contributed by atoms with van der Waals surface area (Å²) in [5, 5.41) is 3.17. The van der Waals surface area contributed by atoms with E-state index in [-0.39, 0.29) is 16.7 Å². The highest BCUT2D eigenvalue weighted by Gasteiger charge is 2.31. The van der Waals surface area contributed by atoms with E-state index in [1.165, 1.54) is 12.1 Å². The number of pyridine rings is 1. The number of hydrogen-bond acceptors (Lipinski definition) is 5. The molecule has 4 aromatic heterocycles. The molecule has 0 aliphatic heterocycles. The molecule has 6 rings (SSSR count). The maximum atomic E-state index is 13.4. The number of furan rings is 1. The Morgan fingerprint density at radius 1 is 1.02 bits per heavy atom. The van der Waals surface area contributed by atoms with E-state index in [4.69, 9.17) is 9.40 Å². The molecular weight excluding hydrogens is 545 g/mol. The van der Waals surface area contributed by atoms with Gasteiger partial charge in [-0.2, -0.15) is 13.2 Å². The Labute approximate surface area is 238 Å². The Bertz CT molecular complexity index is 1820. The van der Waals surface area contributed by atoms with Crippen molar-refractivity contribution in [3.63, 3.8) is 0 Å². The van der Waals surface area contributed by atoms with Crippen LogP contribution in [0.25, 0.3) is 27.9 Å². The minimum Gasteiger partial charge on any atom is -0.451 e. The van der Waals surface area contributed by atoms with Gasteiger partial charge in [-0.25, -0.2) is 9.97 Å². The van der Waals surface area contributed by atoms with E-state index in [2.05, 4.69) is 15.3 Å². The molecule has 1 N–H and O–H groups in total. The van der Waals surface area contributed by atoms with E-state index in [0.717, 1.165) is 34.8 Å². The van der Waals surface area contributed by atoms with Crippen LogP contribution < -0.4 is 5.32 Å². The normalized spacial score (nSPS) is 12.5. The fourth-order valence-electron chi connectivity index (χ4n) is 4.94. The molecule has 0 aliphatic rings. The van der Waals surface area contributed by atoms with Gasteiger partial charge in [-0.3, -0.25) is 9.78 Å². The van der Waals surface area contributed by atoms with Crippen LogP contribution in [0.2, 0.25) is 0 Å². The number of halogens is 3. The third-order valence-corrected chi connectivity index (χ3v) is 6.99. The standard InChI is InChI=1S/C31H25F3N6O2/c1-2-40-26(20-6-9-24(10-7-20)39-14-13-35-19-39)18-37-29(40)25(17-23-5-3-4-12-36-23)38-30(41)28-16-21-15-22(31(32,33)34)8-11-27(21)42-28/h3-16,18-19,25H,2,17H2,1H3,(H,38,41). The van der Waals surface area contributed by atoms with E-state index < -0.39 is 23.7 Å². The number of benzene rings is 2. The third kappa shape index (κ3) is 5.40. The van der Waals surface area contributed by atoms with Crippen molar-refractivity contribution >= 4 is 16.9 Å². The first-order chi connectivity index (χ1) is 20.3. The summed E-state index contributed by atoms with van der Waals surface area (Å²) in [4.78, 5) is 26.6. The van der Waals surface area contributed by atoms with Crippen LogP contribution in [0.5, 0.6) is 0 Å². The molecular formula is C31H25F3N6O2. The number of carbonyl (C=O) groups is 1. The molecule has 0 fully saturated rings. The maximum absolute atomic E-state index is 13.4. The molecule has 8 nitrogen and oxygen atoms in total. The zero-order chi connectivity index (χ0) is 29.3. The SMILES string of the molecule is CCn1c(-c2ccc(-n3ccnc3)cc2)cnc1C(Cc1ccccn1)NC(=O)c1cc2cc(C(F)(F)F)ccc2o1. The molecule has 0 spiro atoms. The molecule has 4 heterocycles. The molecule has 2 aromatic carbocycles. The lowest BCUT2D eigenvalue weighted by Gasteiger charge is -2.20. The lowest BCUT2D eigenvalue weighted by atomic mass is 10.1. The summed E-state index contributed by atoms with van der Waals surface area (Å²) in [5.41, 5.74) is 2.89. The van der Waals surface area contributed by atoms with Crippen LogP contribution in [-0.2, 0) is 19.1 Å². The number of rotatable bonds is 8. The van der Waals surface area contributed by atoms with E-state index in [9.17, 15) is 18.0 Å². The predicted octanol–water partition coefficient (Wildman–Crippen LogP) is 6.63. The Morgan fingerprint density at radius 2 is 1.86 bits per heavy atom. The average molecular weight is 571 g/mol. The number of alkyl halides is 3. The fourth-order valence-corrected chi connectivity index (χ4v) is 4.94. The number of nitrogens with one attached hydrogen (secondary N) is 1. The molecule has 11 heteroatoms. The van der Waals surface area contributed by atoms with E-state index in [1.54, 1.807) is 31.0 Å². The van der Waals surface area contributed by atoms with Gasteiger partial charge in [0, 0.05) is 48.3 Å². The van der Waals surface area contributed by atoms with Crippen molar-refractivity contribution in [3.8, 4) is 16.9 Å². The minimum absolute atomic E-state index is 0.0970. The molecule has 0 radical (unpaired) electrons. The average Bonchev–Trinajstić information content (AvgIpc) is 3.76. The van der Waals surface area contributed by atoms with Crippen LogP contribution in [0.15, 0.2) is 102 Å².